The van der Waals surface area contributed by atoms with Gasteiger partial charge in [-0.15, -0.1) is 0 Å². The Morgan fingerprint density at radius 2 is 1.67 bits per heavy atom. The normalized spacial score (nSPS) is 16.1. The van der Waals surface area contributed by atoms with Crippen LogP contribution >= 0.6 is 0 Å². The Morgan fingerprint density at radius 1 is 1.00 bits per heavy atom. The van der Waals surface area contributed by atoms with Gasteiger partial charge in [-0.2, -0.15) is 0 Å². The number of piperazine rings is 1. The zero-order valence-electron chi connectivity index (χ0n) is 17.1. The van der Waals surface area contributed by atoms with E-state index in [1.807, 2.05) is 31.2 Å². The van der Waals surface area contributed by atoms with Gasteiger partial charge in [0.25, 0.3) is 0 Å². The first-order valence-electron chi connectivity index (χ1n) is 9.87. The number of aryl methyl sites for hydroxylation is 1. The van der Waals surface area contributed by atoms with Crippen molar-refractivity contribution < 1.29 is 18.4 Å². The molecule has 2 aromatic rings. The number of nitrogens with one attached hydrogen (secondary N) is 2. The van der Waals surface area contributed by atoms with Crippen molar-refractivity contribution in [2.45, 2.75) is 13.0 Å². The van der Waals surface area contributed by atoms with Crippen molar-refractivity contribution in [2.75, 3.05) is 45.1 Å². The molecule has 1 fully saturated rings. The standard InChI is InChI=1S/C22H26F2N4O2/c1-15-3-5-16(6-4-15)20(28-11-9-27(2)10-12-28)14-25-21(29)22(30)26-19-13-17(23)7-8-18(19)24/h3-8,13,20H,9-12,14H2,1-2H3,(H,25,29)(H,26,30). The molecule has 2 amide bonds. The number of amides is 2. The molecular formula is C22H26F2N4O2. The Hall–Kier alpha value is -2.84. The summed E-state index contributed by atoms with van der Waals surface area (Å²) >= 11 is 0. The molecule has 0 bridgehead atoms. The van der Waals surface area contributed by atoms with Gasteiger partial charge in [-0.25, -0.2) is 8.78 Å². The number of carbonyl (C=O) groups is 2. The predicted octanol–water partition coefficient (Wildman–Crippen LogP) is 2.32. The minimum Gasteiger partial charge on any atom is -0.346 e. The molecule has 0 spiro atoms. The summed E-state index contributed by atoms with van der Waals surface area (Å²) in [6.45, 7) is 5.74. The zero-order valence-corrected chi connectivity index (χ0v) is 17.1. The third-order valence-corrected chi connectivity index (χ3v) is 5.28. The van der Waals surface area contributed by atoms with Gasteiger partial charge in [0.05, 0.1) is 11.7 Å². The lowest BCUT2D eigenvalue weighted by molar-refractivity contribution is -0.136. The highest BCUT2D eigenvalue weighted by molar-refractivity contribution is 6.39. The van der Waals surface area contributed by atoms with E-state index in [1.165, 1.54) is 0 Å². The van der Waals surface area contributed by atoms with Gasteiger partial charge in [0.1, 0.15) is 11.6 Å². The minimum absolute atomic E-state index is 0.0954. The van der Waals surface area contributed by atoms with E-state index in [-0.39, 0.29) is 18.3 Å². The molecule has 8 heteroatoms. The van der Waals surface area contributed by atoms with Crippen molar-refractivity contribution >= 4 is 17.5 Å². The van der Waals surface area contributed by atoms with E-state index >= 15 is 0 Å². The largest absolute Gasteiger partial charge is 0.346 e. The summed E-state index contributed by atoms with van der Waals surface area (Å²) in [4.78, 5) is 29.0. The molecule has 30 heavy (non-hydrogen) atoms. The fraction of sp³-hybridized carbons (Fsp3) is 0.364. The number of nitrogens with zero attached hydrogens (tertiary/aromatic N) is 2. The highest BCUT2D eigenvalue weighted by Gasteiger charge is 2.25. The second-order valence-electron chi connectivity index (χ2n) is 7.55. The smallest absolute Gasteiger partial charge is 0.313 e. The van der Waals surface area contributed by atoms with Crippen LogP contribution in [-0.2, 0) is 9.59 Å². The van der Waals surface area contributed by atoms with Crippen molar-refractivity contribution in [3.8, 4) is 0 Å². The molecule has 1 aliphatic heterocycles. The summed E-state index contributed by atoms with van der Waals surface area (Å²) in [5, 5.41) is 4.76. The van der Waals surface area contributed by atoms with Gasteiger partial charge in [0, 0.05) is 38.8 Å². The van der Waals surface area contributed by atoms with E-state index < -0.39 is 23.4 Å². The maximum atomic E-state index is 13.7. The minimum atomic E-state index is -1.04. The van der Waals surface area contributed by atoms with Crippen molar-refractivity contribution in [1.82, 2.24) is 15.1 Å². The van der Waals surface area contributed by atoms with Gasteiger partial charge < -0.3 is 15.5 Å². The lowest BCUT2D eigenvalue weighted by Gasteiger charge is -2.38. The van der Waals surface area contributed by atoms with Crippen LogP contribution in [0.25, 0.3) is 0 Å². The first-order chi connectivity index (χ1) is 14.3. The highest BCUT2D eigenvalue weighted by Crippen LogP contribution is 2.22. The van der Waals surface area contributed by atoms with E-state index in [9.17, 15) is 18.4 Å². The first-order valence-corrected chi connectivity index (χ1v) is 9.87. The Kier molecular flexibility index (Phi) is 7.12. The van der Waals surface area contributed by atoms with Crippen LogP contribution in [0.2, 0.25) is 0 Å². The molecule has 2 aromatic carbocycles. The molecule has 0 aliphatic carbocycles. The molecule has 2 N–H and O–H groups in total. The van der Waals surface area contributed by atoms with Gasteiger partial charge in [-0.05, 0) is 31.7 Å². The zero-order chi connectivity index (χ0) is 21.7. The number of rotatable bonds is 5. The van der Waals surface area contributed by atoms with Gasteiger partial charge >= 0.3 is 11.8 Å². The van der Waals surface area contributed by atoms with Crippen LogP contribution in [0.15, 0.2) is 42.5 Å². The van der Waals surface area contributed by atoms with E-state index in [0.29, 0.717) is 0 Å². The molecule has 1 aliphatic rings. The Morgan fingerprint density at radius 3 is 2.33 bits per heavy atom. The number of carbonyl (C=O) groups excluding carboxylic acids is 2. The molecule has 160 valence electrons. The van der Waals surface area contributed by atoms with E-state index in [2.05, 4.69) is 27.5 Å². The third kappa shape index (κ3) is 5.61. The van der Waals surface area contributed by atoms with Crippen LogP contribution in [0.5, 0.6) is 0 Å². The second kappa shape index (κ2) is 9.77. The fourth-order valence-electron chi connectivity index (χ4n) is 3.42. The summed E-state index contributed by atoms with van der Waals surface area (Å²) in [6, 6.07) is 10.6. The quantitative estimate of drug-likeness (QED) is 0.735. The van der Waals surface area contributed by atoms with E-state index in [4.69, 9.17) is 0 Å². The number of halogens is 2. The molecule has 1 heterocycles. The summed E-state index contributed by atoms with van der Waals surface area (Å²) in [5.74, 6) is -3.46. The maximum Gasteiger partial charge on any atom is 0.313 e. The van der Waals surface area contributed by atoms with Crippen LogP contribution in [0.4, 0.5) is 14.5 Å². The summed E-state index contributed by atoms with van der Waals surface area (Å²) < 4.78 is 27.0. The molecule has 0 radical (unpaired) electrons. The van der Waals surface area contributed by atoms with Crippen molar-refractivity contribution in [2.24, 2.45) is 0 Å². The molecule has 0 aromatic heterocycles. The SMILES string of the molecule is Cc1ccc(C(CNC(=O)C(=O)Nc2cc(F)ccc2F)N2CCN(C)CC2)cc1. The molecule has 1 unspecified atom stereocenters. The van der Waals surface area contributed by atoms with Crippen molar-refractivity contribution in [1.29, 1.82) is 0 Å². The predicted molar refractivity (Wildman–Crippen MR) is 111 cm³/mol. The summed E-state index contributed by atoms with van der Waals surface area (Å²) in [5.41, 5.74) is 1.81. The Labute approximate surface area is 174 Å². The molecule has 6 nitrogen and oxygen atoms in total. The average Bonchev–Trinajstić information content (AvgIpc) is 2.73. The highest BCUT2D eigenvalue weighted by atomic mass is 19.1. The Bertz CT molecular complexity index is 897. The molecule has 0 saturated carbocycles. The van der Waals surface area contributed by atoms with Gasteiger partial charge in [0.2, 0.25) is 0 Å². The average molecular weight is 416 g/mol. The maximum absolute atomic E-state index is 13.7. The number of benzene rings is 2. The fourth-order valence-corrected chi connectivity index (χ4v) is 3.42. The van der Waals surface area contributed by atoms with Gasteiger partial charge in [-0.1, -0.05) is 29.8 Å². The Balaban J connectivity index is 1.66. The van der Waals surface area contributed by atoms with E-state index in [0.717, 1.165) is 55.5 Å². The molecular weight excluding hydrogens is 390 g/mol. The molecule has 1 saturated heterocycles. The monoisotopic (exact) mass is 416 g/mol. The second-order valence-corrected chi connectivity index (χ2v) is 7.55. The third-order valence-electron chi connectivity index (χ3n) is 5.28. The summed E-state index contributed by atoms with van der Waals surface area (Å²) in [7, 11) is 2.07. The van der Waals surface area contributed by atoms with E-state index in [1.54, 1.807) is 0 Å². The first kappa shape index (κ1) is 21.9. The lowest BCUT2D eigenvalue weighted by atomic mass is 10.0. The van der Waals surface area contributed by atoms with Gasteiger partial charge in [0.15, 0.2) is 0 Å². The number of hydrogen-bond donors (Lipinski definition) is 2. The molecule has 1 atom stereocenters. The summed E-state index contributed by atoms with van der Waals surface area (Å²) in [6.07, 6.45) is 0. The van der Waals surface area contributed by atoms with Crippen molar-refractivity contribution in [3.05, 3.63) is 65.2 Å². The van der Waals surface area contributed by atoms with Crippen LogP contribution in [0.3, 0.4) is 0 Å². The van der Waals surface area contributed by atoms with Crippen LogP contribution in [0.1, 0.15) is 17.2 Å². The van der Waals surface area contributed by atoms with Gasteiger partial charge in [-0.3, -0.25) is 14.5 Å². The number of hydrogen-bond acceptors (Lipinski definition) is 4. The van der Waals surface area contributed by atoms with Crippen LogP contribution < -0.4 is 10.6 Å². The lowest BCUT2D eigenvalue weighted by Crippen LogP contribution is -2.49. The topological polar surface area (TPSA) is 64.7 Å². The van der Waals surface area contributed by atoms with Crippen molar-refractivity contribution in [3.63, 3.8) is 0 Å². The molecule has 3 rings (SSSR count). The van der Waals surface area contributed by atoms with Crippen LogP contribution in [-0.4, -0.2) is 61.4 Å². The number of anilines is 1. The van der Waals surface area contributed by atoms with Crippen LogP contribution in [0, 0.1) is 18.6 Å². The number of likely N-dealkylation sites (N-methyl/N-ethyl adjacent to an activating group) is 1.